The van der Waals surface area contributed by atoms with Gasteiger partial charge < -0.3 is 10.1 Å². The SMILES string of the molecule is CC(C)(C)OC(=O)CN1C(=O)N[C@@](C)(c2cc(F)ccc2F)C1=O. The van der Waals surface area contributed by atoms with Gasteiger partial charge in [0, 0.05) is 5.56 Å². The van der Waals surface area contributed by atoms with Crippen LogP contribution in [0.4, 0.5) is 13.6 Å². The normalized spacial score (nSPS) is 21.0. The molecule has 2 rings (SSSR count). The average molecular weight is 340 g/mol. The van der Waals surface area contributed by atoms with E-state index in [9.17, 15) is 23.2 Å². The van der Waals surface area contributed by atoms with Gasteiger partial charge in [0.2, 0.25) is 0 Å². The lowest BCUT2D eigenvalue weighted by Crippen LogP contribution is -2.43. The van der Waals surface area contributed by atoms with Gasteiger partial charge in [0.25, 0.3) is 5.91 Å². The van der Waals surface area contributed by atoms with E-state index in [-0.39, 0.29) is 5.56 Å². The maximum absolute atomic E-state index is 14.0. The number of nitrogens with one attached hydrogen (secondary N) is 1. The molecule has 0 aliphatic carbocycles. The lowest BCUT2D eigenvalue weighted by molar-refractivity contribution is -0.157. The molecule has 24 heavy (non-hydrogen) atoms. The van der Waals surface area contributed by atoms with Crippen LogP contribution in [0, 0.1) is 11.6 Å². The second-order valence-corrected chi connectivity index (χ2v) is 6.66. The van der Waals surface area contributed by atoms with Gasteiger partial charge in [-0.05, 0) is 45.9 Å². The van der Waals surface area contributed by atoms with E-state index < -0.39 is 47.2 Å². The summed E-state index contributed by atoms with van der Waals surface area (Å²) in [4.78, 5) is 37.1. The first-order chi connectivity index (χ1) is 10.9. The van der Waals surface area contributed by atoms with Gasteiger partial charge in [-0.25, -0.2) is 13.6 Å². The molecule has 3 amide bonds. The fraction of sp³-hybridized carbons (Fsp3) is 0.438. The number of benzene rings is 1. The molecule has 8 heteroatoms. The molecule has 1 aromatic rings. The van der Waals surface area contributed by atoms with Gasteiger partial charge in [-0.1, -0.05) is 0 Å². The quantitative estimate of drug-likeness (QED) is 0.675. The highest BCUT2D eigenvalue weighted by Crippen LogP contribution is 2.31. The van der Waals surface area contributed by atoms with E-state index in [0.717, 1.165) is 18.2 Å². The van der Waals surface area contributed by atoms with E-state index in [2.05, 4.69) is 5.32 Å². The number of hydrogen-bond donors (Lipinski definition) is 1. The number of nitrogens with zero attached hydrogens (tertiary/aromatic N) is 1. The van der Waals surface area contributed by atoms with Crippen LogP contribution in [0.2, 0.25) is 0 Å². The Kier molecular flexibility index (Phi) is 4.34. The van der Waals surface area contributed by atoms with Crippen LogP contribution < -0.4 is 5.32 Å². The van der Waals surface area contributed by atoms with E-state index in [1.54, 1.807) is 20.8 Å². The van der Waals surface area contributed by atoms with Crippen LogP contribution in [0.15, 0.2) is 18.2 Å². The molecule has 1 atom stereocenters. The van der Waals surface area contributed by atoms with Gasteiger partial charge in [0.1, 0.15) is 29.3 Å². The largest absolute Gasteiger partial charge is 0.459 e. The predicted octanol–water partition coefficient (Wildman–Crippen LogP) is 2.07. The second kappa shape index (κ2) is 5.85. The Morgan fingerprint density at radius 3 is 2.50 bits per heavy atom. The van der Waals surface area contributed by atoms with Crippen molar-refractivity contribution < 1.29 is 27.9 Å². The van der Waals surface area contributed by atoms with Crippen LogP contribution >= 0.6 is 0 Å². The van der Waals surface area contributed by atoms with E-state index in [0.29, 0.717) is 4.90 Å². The number of esters is 1. The number of imide groups is 1. The van der Waals surface area contributed by atoms with Crippen molar-refractivity contribution in [2.75, 3.05) is 6.54 Å². The van der Waals surface area contributed by atoms with Crippen molar-refractivity contribution in [1.82, 2.24) is 10.2 Å². The number of carbonyl (C=O) groups excluding carboxylic acids is 3. The Balaban J connectivity index is 2.28. The smallest absolute Gasteiger partial charge is 0.326 e. The molecule has 0 saturated carbocycles. The number of amides is 3. The van der Waals surface area contributed by atoms with Crippen molar-refractivity contribution in [2.45, 2.75) is 38.8 Å². The fourth-order valence-corrected chi connectivity index (χ4v) is 2.41. The summed E-state index contributed by atoms with van der Waals surface area (Å²) in [6.07, 6.45) is 0. The van der Waals surface area contributed by atoms with Crippen molar-refractivity contribution in [3.05, 3.63) is 35.4 Å². The Bertz CT molecular complexity index is 715. The number of hydrogen-bond acceptors (Lipinski definition) is 4. The van der Waals surface area contributed by atoms with E-state index >= 15 is 0 Å². The van der Waals surface area contributed by atoms with Gasteiger partial charge >= 0.3 is 12.0 Å². The zero-order valence-electron chi connectivity index (χ0n) is 13.8. The van der Waals surface area contributed by atoms with E-state index in [1.807, 2.05) is 0 Å². The molecule has 6 nitrogen and oxygen atoms in total. The Morgan fingerprint density at radius 1 is 1.29 bits per heavy atom. The van der Waals surface area contributed by atoms with Crippen molar-refractivity contribution in [1.29, 1.82) is 0 Å². The third-order valence-corrected chi connectivity index (χ3v) is 3.45. The summed E-state index contributed by atoms with van der Waals surface area (Å²) in [5.41, 5.74) is -2.90. The molecule has 0 bridgehead atoms. The number of carbonyl (C=O) groups is 3. The van der Waals surface area contributed by atoms with Crippen LogP contribution in [0.3, 0.4) is 0 Å². The zero-order valence-corrected chi connectivity index (χ0v) is 13.8. The molecule has 1 aliphatic rings. The van der Waals surface area contributed by atoms with Gasteiger partial charge in [0.15, 0.2) is 0 Å². The molecule has 0 unspecified atom stereocenters. The highest BCUT2D eigenvalue weighted by atomic mass is 19.1. The van der Waals surface area contributed by atoms with Crippen molar-refractivity contribution in [3.8, 4) is 0 Å². The Hall–Kier alpha value is -2.51. The molecular weight excluding hydrogens is 322 g/mol. The summed E-state index contributed by atoms with van der Waals surface area (Å²) < 4.78 is 32.5. The number of ether oxygens (including phenoxy) is 1. The van der Waals surface area contributed by atoms with Crippen LogP contribution in [0.25, 0.3) is 0 Å². The van der Waals surface area contributed by atoms with Crippen LogP contribution in [-0.4, -0.2) is 35.0 Å². The molecule has 0 radical (unpaired) electrons. The third-order valence-electron chi connectivity index (χ3n) is 3.45. The number of halogens is 2. The molecule has 1 fully saturated rings. The van der Waals surface area contributed by atoms with Crippen LogP contribution in [-0.2, 0) is 19.9 Å². The summed E-state index contributed by atoms with van der Waals surface area (Å²) in [7, 11) is 0. The van der Waals surface area contributed by atoms with Crippen LogP contribution in [0.1, 0.15) is 33.3 Å². The molecule has 1 heterocycles. The topological polar surface area (TPSA) is 75.7 Å². The molecule has 0 spiro atoms. The maximum atomic E-state index is 14.0. The van der Waals surface area contributed by atoms with Crippen molar-refractivity contribution >= 4 is 17.9 Å². The highest BCUT2D eigenvalue weighted by molar-refractivity contribution is 6.08. The summed E-state index contributed by atoms with van der Waals surface area (Å²) in [6.45, 7) is 5.56. The predicted molar refractivity (Wildman–Crippen MR) is 79.8 cm³/mol. The minimum Gasteiger partial charge on any atom is -0.459 e. The first kappa shape index (κ1) is 17.8. The van der Waals surface area contributed by atoms with E-state index in [4.69, 9.17) is 4.74 Å². The molecule has 1 saturated heterocycles. The molecule has 130 valence electrons. The summed E-state index contributed by atoms with van der Waals surface area (Å²) in [6, 6.07) is 1.73. The fourth-order valence-electron chi connectivity index (χ4n) is 2.41. The second-order valence-electron chi connectivity index (χ2n) is 6.66. The van der Waals surface area contributed by atoms with Gasteiger partial charge in [-0.2, -0.15) is 0 Å². The van der Waals surface area contributed by atoms with Crippen LogP contribution in [0.5, 0.6) is 0 Å². The average Bonchev–Trinajstić information content (AvgIpc) is 2.64. The van der Waals surface area contributed by atoms with Gasteiger partial charge in [-0.15, -0.1) is 0 Å². The number of rotatable bonds is 3. The molecule has 1 aromatic carbocycles. The van der Waals surface area contributed by atoms with Gasteiger partial charge in [0.05, 0.1) is 0 Å². The van der Waals surface area contributed by atoms with Crippen molar-refractivity contribution in [3.63, 3.8) is 0 Å². The monoisotopic (exact) mass is 340 g/mol. The zero-order chi connectivity index (χ0) is 18.3. The van der Waals surface area contributed by atoms with E-state index in [1.165, 1.54) is 6.92 Å². The highest BCUT2D eigenvalue weighted by Gasteiger charge is 2.51. The van der Waals surface area contributed by atoms with Crippen molar-refractivity contribution in [2.24, 2.45) is 0 Å². The summed E-state index contributed by atoms with van der Waals surface area (Å²) >= 11 is 0. The Labute approximate surface area is 137 Å². The summed E-state index contributed by atoms with van der Waals surface area (Å²) in [5, 5.41) is 2.31. The maximum Gasteiger partial charge on any atom is 0.326 e. The number of urea groups is 1. The first-order valence-corrected chi connectivity index (χ1v) is 7.25. The molecule has 0 aromatic heterocycles. The minimum absolute atomic E-state index is 0.312. The lowest BCUT2D eigenvalue weighted by atomic mass is 9.91. The first-order valence-electron chi connectivity index (χ1n) is 7.25. The molecule has 1 aliphatic heterocycles. The lowest BCUT2D eigenvalue weighted by Gasteiger charge is -2.23. The minimum atomic E-state index is -1.80. The molecule has 1 N–H and O–H groups in total. The van der Waals surface area contributed by atoms with Gasteiger partial charge in [-0.3, -0.25) is 14.5 Å². The standard InChI is InChI=1S/C16H18F2N2O4/c1-15(2,3)24-12(21)8-20-13(22)16(4,19-14(20)23)10-7-9(17)5-6-11(10)18/h5-7H,8H2,1-4H3,(H,19,23)/t16-/m0/s1. The summed E-state index contributed by atoms with van der Waals surface area (Å²) in [5.74, 6) is -3.23. The Morgan fingerprint density at radius 2 is 1.92 bits per heavy atom. The third kappa shape index (κ3) is 3.37. The molecular formula is C16H18F2N2O4.